The summed E-state index contributed by atoms with van der Waals surface area (Å²) in [7, 11) is 0. The zero-order chi connectivity index (χ0) is 11.0. The molecule has 78 valence electrons. The Morgan fingerprint density at radius 2 is 2.12 bits per heavy atom. The lowest BCUT2D eigenvalue weighted by atomic mass is 10.2. The second kappa shape index (κ2) is 3.49. The first kappa shape index (κ1) is 9.17. The molecule has 16 heavy (non-hydrogen) atoms. The van der Waals surface area contributed by atoms with Gasteiger partial charge in [0.15, 0.2) is 0 Å². The van der Waals surface area contributed by atoms with E-state index in [4.69, 9.17) is 0 Å². The zero-order valence-corrected chi connectivity index (χ0v) is 8.89. The number of hydrogen-bond acceptors (Lipinski definition) is 5. The van der Waals surface area contributed by atoms with Crippen molar-refractivity contribution in [3.63, 3.8) is 0 Å². The van der Waals surface area contributed by atoms with Crippen LogP contribution in [0, 0.1) is 0 Å². The van der Waals surface area contributed by atoms with Crippen molar-refractivity contribution < 1.29 is 0 Å². The van der Waals surface area contributed by atoms with Crippen molar-refractivity contribution in [2.24, 2.45) is 0 Å². The molecule has 0 N–H and O–H groups in total. The number of nitrogens with zero attached hydrogens (tertiary/aromatic N) is 4. The molecule has 0 radical (unpaired) electrons. The molecule has 0 atom stereocenters. The normalized spacial score (nSPS) is 12.4. The van der Waals surface area contributed by atoms with E-state index in [0.29, 0.717) is 9.49 Å². The van der Waals surface area contributed by atoms with Crippen LogP contribution in [-0.2, 0) is 0 Å². The summed E-state index contributed by atoms with van der Waals surface area (Å²) in [6.07, 6.45) is 6.56. The second-order valence-corrected chi connectivity index (χ2v) is 4.16. The van der Waals surface area contributed by atoms with E-state index in [-0.39, 0.29) is 5.56 Å². The number of hydrogen-bond donors (Lipinski definition) is 0. The lowest BCUT2D eigenvalue weighted by Gasteiger charge is -1.86. The molecule has 0 unspecified atom stereocenters. The third-order valence-electron chi connectivity index (χ3n) is 2.12. The molecule has 0 saturated carbocycles. The molecule has 0 bridgehead atoms. The second-order valence-electron chi connectivity index (χ2n) is 3.15. The fraction of sp³-hybridized carbons (Fsp3) is 0. The van der Waals surface area contributed by atoms with Crippen LogP contribution in [0.4, 0.5) is 0 Å². The smallest absolute Gasteiger partial charge is 0.266 e. The number of pyridine rings is 1. The van der Waals surface area contributed by atoms with Crippen LogP contribution in [0.3, 0.4) is 0 Å². The summed E-state index contributed by atoms with van der Waals surface area (Å²) in [5, 5.41) is 3.85. The minimum atomic E-state index is -0.130. The van der Waals surface area contributed by atoms with E-state index < -0.39 is 0 Å². The molecular weight excluding hydrogens is 224 g/mol. The Bertz CT molecular complexity index is 731. The van der Waals surface area contributed by atoms with Crippen molar-refractivity contribution in [1.82, 2.24) is 19.6 Å². The predicted molar refractivity (Wildman–Crippen MR) is 60.2 cm³/mol. The van der Waals surface area contributed by atoms with Gasteiger partial charge in [-0.25, -0.2) is 4.98 Å². The predicted octanol–water partition coefficient (Wildman–Crippen LogP) is 0.0937. The SMILES string of the molecule is O=c1/c(=C/c2ccncc2)sc2ncnn12. The average Bonchev–Trinajstić information content (AvgIpc) is 2.86. The Hall–Kier alpha value is -2.08. The fourth-order valence-corrected chi connectivity index (χ4v) is 2.27. The number of fused-ring (bicyclic) bond motifs is 1. The molecule has 5 nitrogen and oxygen atoms in total. The molecule has 3 heterocycles. The van der Waals surface area contributed by atoms with Gasteiger partial charge in [-0.3, -0.25) is 9.78 Å². The van der Waals surface area contributed by atoms with Crippen LogP contribution in [0.25, 0.3) is 11.0 Å². The Labute approximate surface area is 93.7 Å². The highest BCUT2D eigenvalue weighted by Crippen LogP contribution is 2.00. The van der Waals surface area contributed by atoms with Gasteiger partial charge in [0, 0.05) is 12.4 Å². The monoisotopic (exact) mass is 230 g/mol. The molecule has 3 aromatic heterocycles. The summed E-state index contributed by atoms with van der Waals surface area (Å²) in [5.41, 5.74) is 0.811. The molecule has 0 spiro atoms. The van der Waals surface area contributed by atoms with Crippen molar-refractivity contribution in [3.8, 4) is 0 Å². The quantitative estimate of drug-likeness (QED) is 0.594. The van der Waals surface area contributed by atoms with E-state index >= 15 is 0 Å². The Balaban J connectivity index is 2.27. The summed E-state index contributed by atoms with van der Waals surface area (Å²) in [5.74, 6) is 0. The molecule has 0 aliphatic rings. The van der Waals surface area contributed by atoms with Crippen molar-refractivity contribution in [1.29, 1.82) is 0 Å². The molecule has 0 fully saturated rings. The summed E-state index contributed by atoms with van der Waals surface area (Å²) in [6, 6.07) is 3.69. The van der Waals surface area contributed by atoms with Gasteiger partial charge < -0.3 is 0 Å². The van der Waals surface area contributed by atoms with Gasteiger partial charge >= 0.3 is 0 Å². The molecule has 0 saturated heterocycles. The molecule has 0 aliphatic carbocycles. The van der Waals surface area contributed by atoms with Crippen molar-refractivity contribution in [2.75, 3.05) is 0 Å². The molecule has 3 aromatic rings. The van der Waals surface area contributed by atoms with E-state index in [1.54, 1.807) is 12.4 Å². The average molecular weight is 230 g/mol. The largest absolute Gasteiger partial charge is 0.291 e. The maximum Gasteiger partial charge on any atom is 0.291 e. The van der Waals surface area contributed by atoms with Crippen molar-refractivity contribution in [2.45, 2.75) is 0 Å². The molecule has 0 aromatic carbocycles. The topological polar surface area (TPSA) is 60.2 Å². The van der Waals surface area contributed by atoms with Gasteiger partial charge in [0.05, 0.1) is 4.53 Å². The molecule has 0 amide bonds. The van der Waals surface area contributed by atoms with Gasteiger partial charge in [-0.05, 0) is 23.8 Å². The minimum absolute atomic E-state index is 0.130. The van der Waals surface area contributed by atoms with Crippen LogP contribution in [0.2, 0.25) is 0 Å². The Morgan fingerprint density at radius 1 is 1.31 bits per heavy atom. The summed E-state index contributed by atoms with van der Waals surface area (Å²) >= 11 is 1.33. The van der Waals surface area contributed by atoms with Crippen LogP contribution < -0.4 is 10.1 Å². The van der Waals surface area contributed by atoms with Crippen LogP contribution >= 0.6 is 11.3 Å². The van der Waals surface area contributed by atoms with Gasteiger partial charge in [-0.15, -0.1) is 0 Å². The van der Waals surface area contributed by atoms with Gasteiger partial charge in [0.2, 0.25) is 4.96 Å². The Kier molecular flexibility index (Phi) is 2.00. The third kappa shape index (κ3) is 1.40. The highest BCUT2D eigenvalue weighted by molar-refractivity contribution is 7.15. The van der Waals surface area contributed by atoms with Crippen molar-refractivity contribution >= 4 is 22.4 Å². The minimum Gasteiger partial charge on any atom is -0.266 e. The third-order valence-corrected chi connectivity index (χ3v) is 3.10. The maximum atomic E-state index is 11.8. The van der Waals surface area contributed by atoms with Gasteiger partial charge in [0.1, 0.15) is 6.33 Å². The van der Waals surface area contributed by atoms with Gasteiger partial charge in [-0.2, -0.15) is 9.61 Å². The Morgan fingerprint density at radius 3 is 2.88 bits per heavy atom. The van der Waals surface area contributed by atoms with E-state index in [9.17, 15) is 4.79 Å². The van der Waals surface area contributed by atoms with Crippen LogP contribution in [0.5, 0.6) is 0 Å². The molecule has 0 aliphatic heterocycles. The lowest BCUT2D eigenvalue weighted by molar-refractivity contribution is 0.932. The number of rotatable bonds is 1. The van der Waals surface area contributed by atoms with E-state index in [1.807, 2.05) is 18.2 Å². The maximum absolute atomic E-state index is 11.8. The standard InChI is InChI=1S/C10H6N4OS/c15-9-8(5-7-1-3-11-4-2-7)16-10-12-6-13-14(9)10/h1-6H/b8-5-. The van der Waals surface area contributed by atoms with Crippen LogP contribution in [0.15, 0.2) is 35.6 Å². The summed E-state index contributed by atoms with van der Waals surface area (Å²) in [6.45, 7) is 0. The van der Waals surface area contributed by atoms with E-state index in [2.05, 4.69) is 15.1 Å². The lowest BCUT2D eigenvalue weighted by Crippen LogP contribution is -2.23. The first-order valence-electron chi connectivity index (χ1n) is 4.59. The first-order valence-corrected chi connectivity index (χ1v) is 5.40. The summed E-state index contributed by atoms with van der Waals surface area (Å²) in [4.78, 5) is 20.3. The fourth-order valence-electron chi connectivity index (χ4n) is 1.39. The highest BCUT2D eigenvalue weighted by Gasteiger charge is 2.04. The van der Waals surface area contributed by atoms with Crippen molar-refractivity contribution in [3.05, 3.63) is 51.3 Å². The van der Waals surface area contributed by atoms with Crippen LogP contribution in [-0.4, -0.2) is 19.6 Å². The van der Waals surface area contributed by atoms with Crippen LogP contribution in [0.1, 0.15) is 5.56 Å². The molecular formula is C10H6N4OS. The molecule has 6 heteroatoms. The zero-order valence-electron chi connectivity index (χ0n) is 8.07. The van der Waals surface area contributed by atoms with Gasteiger partial charge in [0.25, 0.3) is 5.56 Å². The van der Waals surface area contributed by atoms with E-state index in [1.165, 1.54) is 22.2 Å². The first-order chi connectivity index (χ1) is 7.84. The molecule has 3 rings (SSSR count). The van der Waals surface area contributed by atoms with Gasteiger partial charge in [-0.1, -0.05) is 11.3 Å². The van der Waals surface area contributed by atoms with E-state index in [0.717, 1.165) is 5.56 Å². The number of thiazole rings is 1. The summed E-state index contributed by atoms with van der Waals surface area (Å²) < 4.78 is 1.93. The number of aromatic nitrogens is 4. The highest BCUT2D eigenvalue weighted by atomic mass is 32.1.